The predicted octanol–water partition coefficient (Wildman–Crippen LogP) is 2.36. The number of hydrogen-bond donors (Lipinski definition) is 1. The summed E-state index contributed by atoms with van der Waals surface area (Å²) in [6, 6.07) is 5.19. The van der Waals surface area contributed by atoms with Crippen LogP contribution in [0.15, 0.2) is 16.6 Å². The lowest BCUT2D eigenvalue weighted by Crippen LogP contribution is -2.53. The van der Waals surface area contributed by atoms with Gasteiger partial charge in [0, 0.05) is 36.2 Å². The Kier molecular flexibility index (Phi) is 3.69. The predicted molar refractivity (Wildman–Crippen MR) is 77.6 cm³/mol. The summed E-state index contributed by atoms with van der Waals surface area (Å²) in [7, 11) is 0. The molecule has 0 spiro atoms. The first kappa shape index (κ1) is 13.2. The number of rotatable bonds is 2. The molecule has 1 fully saturated rings. The highest BCUT2D eigenvalue weighted by molar-refractivity contribution is 9.10. The minimum Gasteiger partial charge on any atom is -0.454 e. The van der Waals surface area contributed by atoms with Crippen LogP contribution in [0.3, 0.4) is 0 Å². The summed E-state index contributed by atoms with van der Waals surface area (Å²) in [5.74, 6) is 1.69. The van der Waals surface area contributed by atoms with E-state index in [1.54, 1.807) is 0 Å². The van der Waals surface area contributed by atoms with E-state index >= 15 is 0 Å². The number of benzene rings is 1. The second kappa shape index (κ2) is 5.31. The lowest BCUT2D eigenvalue weighted by molar-refractivity contribution is 0.138. The number of hydrogen-bond acceptors (Lipinski definition) is 4. The number of piperazine rings is 1. The fourth-order valence-corrected chi connectivity index (χ4v) is 3.06. The van der Waals surface area contributed by atoms with Gasteiger partial charge in [-0.15, -0.1) is 0 Å². The van der Waals surface area contributed by atoms with Crippen molar-refractivity contribution in [2.75, 3.05) is 19.9 Å². The van der Waals surface area contributed by atoms with Crippen molar-refractivity contribution < 1.29 is 9.47 Å². The molecule has 1 aromatic rings. The summed E-state index contributed by atoms with van der Waals surface area (Å²) in [5.41, 5.74) is 1.25. The summed E-state index contributed by atoms with van der Waals surface area (Å²) in [6.07, 6.45) is 0. The maximum atomic E-state index is 5.46. The second-order valence-electron chi connectivity index (χ2n) is 5.38. The standard InChI is InChI=1S/C14H19BrN2O2/c1-9-6-17(10(2)5-16-9)7-11-3-13-14(4-12(11)15)19-8-18-13/h3-4,9-10,16H,5-8H2,1-2H3. The molecule has 19 heavy (non-hydrogen) atoms. The second-order valence-corrected chi connectivity index (χ2v) is 6.24. The van der Waals surface area contributed by atoms with Crippen molar-refractivity contribution in [2.24, 2.45) is 0 Å². The summed E-state index contributed by atoms with van der Waals surface area (Å²) in [5, 5.41) is 3.51. The molecule has 0 amide bonds. The Hall–Kier alpha value is -0.780. The van der Waals surface area contributed by atoms with E-state index in [1.165, 1.54) is 5.56 Å². The zero-order valence-corrected chi connectivity index (χ0v) is 12.9. The SMILES string of the molecule is CC1CN(Cc2cc3c(cc2Br)OCO3)C(C)CN1. The smallest absolute Gasteiger partial charge is 0.231 e. The van der Waals surface area contributed by atoms with Crippen LogP contribution < -0.4 is 14.8 Å². The summed E-state index contributed by atoms with van der Waals surface area (Å²) < 4.78 is 11.9. The number of ether oxygens (including phenoxy) is 2. The zero-order chi connectivity index (χ0) is 13.4. The first-order chi connectivity index (χ1) is 9.13. The molecule has 1 N–H and O–H groups in total. The van der Waals surface area contributed by atoms with E-state index in [0.717, 1.165) is 35.6 Å². The largest absolute Gasteiger partial charge is 0.454 e. The van der Waals surface area contributed by atoms with E-state index in [9.17, 15) is 0 Å². The van der Waals surface area contributed by atoms with Crippen molar-refractivity contribution in [2.45, 2.75) is 32.5 Å². The fraction of sp³-hybridized carbons (Fsp3) is 0.571. The average Bonchev–Trinajstić information content (AvgIpc) is 2.81. The van der Waals surface area contributed by atoms with Crippen LogP contribution in [0, 0.1) is 0 Å². The van der Waals surface area contributed by atoms with Crippen LogP contribution >= 0.6 is 15.9 Å². The van der Waals surface area contributed by atoms with Gasteiger partial charge in [0.25, 0.3) is 0 Å². The molecule has 2 aliphatic heterocycles. The van der Waals surface area contributed by atoms with Crippen LogP contribution in [0.25, 0.3) is 0 Å². The summed E-state index contributed by atoms with van der Waals surface area (Å²) >= 11 is 3.63. The monoisotopic (exact) mass is 326 g/mol. The molecular formula is C14H19BrN2O2. The minimum absolute atomic E-state index is 0.326. The molecule has 1 saturated heterocycles. The molecule has 0 radical (unpaired) electrons. The lowest BCUT2D eigenvalue weighted by Gasteiger charge is -2.37. The zero-order valence-electron chi connectivity index (χ0n) is 11.3. The number of nitrogens with zero attached hydrogens (tertiary/aromatic N) is 1. The molecule has 5 heteroatoms. The average molecular weight is 327 g/mol. The normalized spacial score (nSPS) is 26.7. The molecule has 0 bridgehead atoms. The van der Waals surface area contributed by atoms with Crippen molar-refractivity contribution in [3.8, 4) is 11.5 Å². The molecule has 2 aliphatic rings. The Morgan fingerprint density at radius 2 is 2.05 bits per heavy atom. The number of nitrogens with one attached hydrogen (secondary N) is 1. The van der Waals surface area contributed by atoms with Crippen LogP contribution in [-0.2, 0) is 6.54 Å². The summed E-state index contributed by atoms with van der Waals surface area (Å²) in [4.78, 5) is 2.50. The molecule has 3 rings (SSSR count). The Morgan fingerprint density at radius 1 is 1.32 bits per heavy atom. The Morgan fingerprint density at radius 3 is 2.84 bits per heavy atom. The first-order valence-electron chi connectivity index (χ1n) is 6.69. The van der Waals surface area contributed by atoms with Gasteiger partial charge in [-0.2, -0.15) is 0 Å². The molecule has 0 aliphatic carbocycles. The third-order valence-corrected chi connectivity index (χ3v) is 4.55. The molecule has 2 unspecified atom stereocenters. The molecular weight excluding hydrogens is 308 g/mol. The van der Waals surface area contributed by atoms with E-state index in [-0.39, 0.29) is 0 Å². The van der Waals surface area contributed by atoms with Gasteiger partial charge < -0.3 is 14.8 Å². The van der Waals surface area contributed by atoms with Crippen molar-refractivity contribution in [3.05, 3.63) is 22.2 Å². The molecule has 2 atom stereocenters. The van der Waals surface area contributed by atoms with Crippen molar-refractivity contribution in [3.63, 3.8) is 0 Å². The van der Waals surface area contributed by atoms with Gasteiger partial charge in [0.2, 0.25) is 6.79 Å². The van der Waals surface area contributed by atoms with Crippen molar-refractivity contribution >= 4 is 15.9 Å². The topological polar surface area (TPSA) is 33.7 Å². The van der Waals surface area contributed by atoms with Gasteiger partial charge in [-0.05, 0) is 31.5 Å². The van der Waals surface area contributed by atoms with Crippen molar-refractivity contribution in [1.29, 1.82) is 0 Å². The van der Waals surface area contributed by atoms with Gasteiger partial charge in [-0.1, -0.05) is 15.9 Å². The van der Waals surface area contributed by atoms with Crippen LogP contribution in [-0.4, -0.2) is 36.9 Å². The molecule has 0 saturated carbocycles. The van der Waals surface area contributed by atoms with Gasteiger partial charge in [0.05, 0.1) is 0 Å². The van der Waals surface area contributed by atoms with Gasteiger partial charge in [0.1, 0.15) is 0 Å². The molecule has 4 nitrogen and oxygen atoms in total. The highest BCUT2D eigenvalue weighted by atomic mass is 79.9. The Balaban J connectivity index is 1.79. The molecule has 0 aromatic heterocycles. The van der Waals surface area contributed by atoms with Crippen LogP contribution in [0.5, 0.6) is 11.5 Å². The molecule has 104 valence electrons. The first-order valence-corrected chi connectivity index (χ1v) is 7.48. The highest BCUT2D eigenvalue weighted by Gasteiger charge is 2.24. The maximum Gasteiger partial charge on any atom is 0.231 e. The van der Waals surface area contributed by atoms with Crippen LogP contribution in [0.2, 0.25) is 0 Å². The van der Waals surface area contributed by atoms with Crippen LogP contribution in [0.4, 0.5) is 0 Å². The Labute approximate surface area is 122 Å². The van der Waals surface area contributed by atoms with Gasteiger partial charge in [-0.3, -0.25) is 4.90 Å². The van der Waals surface area contributed by atoms with E-state index in [1.807, 2.05) is 6.07 Å². The van der Waals surface area contributed by atoms with Gasteiger partial charge in [0.15, 0.2) is 11.5 Å². The molecule has 1 aromatic carbocycles. The van der Waals surface area contributed by atoms with Crippen molar-refractivity contribution in [1.82, 2.24) is 10.2 Å². The quantitative estimate of drug-likeness (QED) is 0.904. The van der Waals surface area contributed by atoms with Gasteiger partial charge in [-0.25, -0.2) is 0 Å². The van der Waals surface area contributed by atoms with E-state index in [4.69, 9.17) is 9.47 Å². The maximum absolute atomic E-state index is 5.46. The van der Waals surface area contributed by atoms with E-state index < -0.39 is 0 Å². The third kappa shape index (κ3) is 2.73. The number of fused-ring (bicyclic) bond motifs is 1. The number of halogens is 1. The van der Waals surface area contributed by atoms with E-state index in [2.05, 4.69) is 46.1 Å². The highest BCUT2D eigenvalue weighted by Crippen LogP contribution is 2.37. The molecule has 2 heterocycles. The van der Waals surface area contributed by atoms with E-state index in [0.29, 0.717) is 18.9 Å². The summed E-state index contributed by atoms with van der Waals surface area (Å²) in [6.45, 7) is 7.87. The Bertz CT molecular complexity index is 481. The fourth-order valence-electron chi connectivity index (χ4n) is 2.62. The van der Waals surface area contributed by atoms with Crippen LogP contribution in [0.1, 0.15) is 19.4 Å². The lowest BCUT2D eigenvalue weighted by atomic mass is 10.1. The minimum atomic E-state index is 0.326. The third-order valence-electron chi connectivity index (χ3n) is 3.81. The van der Waals surface area contributed by atoms with Gasteiger partial charge >= 0.3 is 0 Å².